The van der Waals surface area contributed by atoms with Crippen molar-refractivity contribution in [3.63, 3.8) is 0 Å². The number of rotatable bonds is 5. The van der Waals surface area contributed by atoms with Gasteiger partial charge in [-0.15, -0.1) is 11.3 Å². The fourth-order valence-electron chi connectivity index (χ4n) is 1.70. The summed E-state index contributed by atoms with van der Waals surface area (Å²) in [7, 11) is 0. The van der Waals surface area contributed by atoms with E-state index in [9.17, 15) is 14.7 Å². The summed E-state index contributed by atoms with van der Waals surface area (Å²) in [6.07, 6.45) is -1.03. The van der Waals surface area contributed by atoms with Crippen LogP contribution in [0.4, 0.5) is 0 Å². The molecular weight excluding hydrogens is 369 g/mol. The molecular formula is C14H10Cl3NO3S. The van der Waals surface area contributed by atoms with Gasteiger partial charge in [0.1, 0.15) is 0 Å². The number of hydrogen-bond donors (Lipinski definition) is 2. The van der Waals surface area contributed by atoms with Crippen LogP contribution < -0.4 is 5.32 Å². The van der Waals surface area contributed by atoms with Gasteiger partial charge in [0.2, 0.25) is 0 Å². The number of carbonyl (C=O) groups is 2. The molecule has 116 valence electrons. The van der Waals surface area contributed by atoms with Crippen molar-refractivity contribution >= 4 is 57.8 Å². The zero-order valence-corrected chi connectivity index (χ0v) is 14.1. The average Bonchev–Trinajstić information content (AvgIpc) is 2.89. The maximum atomic E-state index is 11.8. The number of aliphatic hydroxyl groups excluding tert-OH is 1. The Kier molecular flexibility index (Phi) is 5.83. The number of ketones is 1. The molecule has 2 aromatic rings. The van der Waals surface area contributed by atoms with Crippen LogP contribution in [0.25, 0.3) is 0 Å². The molecule has 22 heavy (non-hydrogen) atoms. The predicted molar refractivity (Wildman–Crippen MR) is 88.1 cm³/mol. The number of benzene rings is 1. The Bertz CT molecular complexity index is 697. The summed E-state index contributed by atoms with van der Waals surface area (Å²) in [4.78, 5) is 23.8. The lowest BCUT2D eigenvalue weighted by Gasteiger charge is -2.12. The molecule has 0 bridgehead atoms. The van der Waals surface area contributed by atoms with E-state index in [-0.39, 0.29) is 11.4 Å². The molecule has 0 aliphatic carbocycles. The molecule has 1 heterocycles. The zero-order chi connectivity index (χ0) is 16.3. The van der Waals surface area contributed by atoms with Crippen molar-refractivity contribution in [1.29, 1.82) is 0 Å². The van der Waals surface area contributed by atoms with Gasteiger partial charge in [-0.2, -0.15) is 0 Å². The van der Waals surface area contributed by atoms with Gasteiger partial charge in [0, 0.05) is 16.6 Å². The third-order valence-electron chi connectivity index (χ3n) is 2.73. The fourth-order valence-corrected chi connectivity index (χ4v) is 3.23. The largest absolute Gasteiger partial charge is 0.387 e. The first-order chi connectivity index (χ1) is 10.4. The number of aliphatic hydroxyl groups is 1. The standard InChI is InChI=1S/C14H10Cl3NO3S/c15-8-3-7(4-9(16)5-8)10(19)6-18-14(21)13(20)11-1-2-12(17)22-11/h1-5,10,19H,6H2,(H,18,21). The highest BCUT2D eigenvalue weighted by atomic mass is 35.5. The van der Waals surface area contributed by atoms with Crippen molar-refractivity contribution in [2.75, 3.05) is 6.54 Å². The summed E-state index contributed by atoms with van der Waals surface area (Å²) in [6.45, 7) is -0.139. The second-order valence-corrected chi connectivity index (χ2v) is 6.95. The molecule has 0 radical (unpaired) electrons. The van der Waals surface area contributed by atoms with Crippen LogP contribution in [-0.2, 0) is 4.79 Å². The Morgan fingerprint density at radius 1 is 1.14 bits per heavy atom. The zero-order valence-electron chi connectivity index (χ0n) is 11.0. The maximum absolute atomic E-state index is 11.8. The molecule has 0 fully saturated rings. The molecule has 1 aromatic carbocycles. The van der Waals surface area contributed by atoms with Crippen molar-refractivity contribution in [2.45, 2.75) is 6.10 Å². The van der Waals surface area contributed by atoms with Gasteiger partial charge in [0.05, 0.1) is 15.3 Å². The van der Waals surface area contributed by atoms with E-state index in [0.717, 1.165) is 11.3 Å². The number of nitrogens with one attached hydrogen (secondary N) is 1. The van der Waals surface area contributed by atoms with Crippen molar-refractivity contribution in [1.82, 2.24) is 5.32 Å². The average molecular weight is 379 g/mol. The van der Waals surface area contributed by atoms with E-state index in [1.165, 1.54) is 30.3 Å². The predicted octanol–water partition coefficient (Wildman–Crippen LogP) is 3.74. The van der Waals surface area contributed by atoms with E-state index in [2.05, 4.69) is 5.32 Å². The molecule has 0 aliphatic heterocycles. The van der Waals surface area contributed by atoms with Gasteiger partial charge in [-0.3, -0.25) is 9.59 Å². The summed E-state index contributed by atoms with van der Waals surface area (Å²) in [5.41, 5.74) is 0.449. The summed E-state index contributed by atoms with van der Waals surface area (Å²) in [6, 6.07) is 7.61. The van der Waals surface area contributed by atoms with E-state index in [4.69, 9.17) is 34.8 Å². The van der Waals surface area contributed by atoms with Crippen molar-refractivity contribution in [2.24, 2.45) is 0 Å². The molecule has 0 saturated heterocycles. The summed E-state index contributed by atoms with van der Waals surface area (Å²) in [5, 5.41) is 13.1. The fraction of sp³-hybridized carbons (Fsp3) is 0.143. The number of thiophene rings is 1. The molecule has 1 atom stereocenters. The van der Waals surface area contributed by atoms with Gasteiger partial charge in [-0.1, -0.05) is 34.8 Å². The molecule has 0 saturated carbocycles. The number of Topliss-reactive ketones (excluding diaryl/α,β-unsaturated/α-hetero) is 1. The number of carbonyl (C=O) groups excluding carboxylic acids is 2. The van der Waals surface area contributed by atoms with Gasteiger partial charge >= 0.3 is 0 Å². The normalized spacial score (nSPS) is 12.0. The van der Waals surface area contributed by atoms with Crippen LogP contribution in [0, 0.1) is 0 Å². The lowest BCUT2D eigenvalue weighted by Crippen LogP contribution is -2.33. The van der Waals surface area contributed by atoms with Crippen LogP contribution >= 0.6 is 46.1 Å². The topological polar surface area (TPSA) is 66.4 Å². The second kappa shape index (κ2) is 7.44. The van der Waals surface area contributed by atoms with Gasteiger partial charge in [-0.25, -0.2) is 0 Å². The molecule has 2 rings (SSSR count). The first kappa shape index (κ1) is 17.2. The minimum Gasteiger partial charge on any atom is -0.387 e. The third kappa shape index (κ3) is 4.44. The van der Waals surface area contributed by atoms with E-state index in [1.807, 2.05) is 0 Å². The van der Waals surface area contributed by atoms with Gasteiger partial charge in [-0.05, 0) is 35.9 Å². The summed E-state index contributed by atoms with van der Waals surface area (Å²) >= 11 is 18.4. The highest BCUT2D eigenvalue weighted by molar-refractivity contribution is 7.18. The summed E-state index contributed by atoms with van der Waals surface area (Å²) in [5.74, 6) is -1.51. The van der Waals surface area contributed by atoms with Crippen LogP contribution in [0.1, 0.15) is 21.3 Å². The SMILES string of the molecule is O=C(NCC(O)c1cc(Cl)cc(Cl)c1)C(=O)c1ccc(Cl)s1. The number of halogens is 3. The molecule has 2 N–H and O–H groups in total. The minimum absolute atomic E-state index is 0.139. The molecule has 4 nitrogen and oxygen atoms in total. The molecule has 1 amide bonds. The van der Waals surface area contributed by atoms with Crippen molar-refractivity contribution in [3.05, 3.63) is 55.2 Å². The monoisotopic (exact) mass is 377 g/mol. The third-order valence-corrected chi connectivity index (χ3v) is 4.40. The van der Waals surface area contributed by atoms with Crippen LogP contribution in [-0.4, -0.2) is 23.3 Å². The molecule has 0 aliphatic rings. The summed E-state index contributed by atoms with van der Waals surface area (Å²) < 4.78 is 0.421. The Morgan fingerprint density at radius 2 is 1.77 bits per heavy atom. The lowest BCUT2D eigenvalue weighted by molar-refractivity contribution is -0.117. The molecule has 1 aromatic heterocycles. The molecule has 8 heteroatoms. The quantitative estimate of drug-likeness (QED) is 0.615. The van der Waals surface area contributed by atoms with E-state index in [1.54, 1.807) is 0 Å². The first-order valence-electron chi connectivity index (χ1n) is 6.08. The number of amides is 1. The number of hydrogen-bond acceptors (Lipinski definition) is 4. The van der Waals surface area contributed by atoms with Crippen molar-refractivity contribution < 1.29 is 14.7 Å². The highest BCUT2D eigenvalue weighted by Gasteiger charge is 2.19. The van der Waals surface area contributed by atoms with Crippen molar-refractivity contribution in [3.8, 4) is 0 Å². The van der Waals surface area contributed by atoms with Crippen LogP contribution in [0.3, 0.4) is 0 Å². The maximum Gasteiger partial charge on any atom is 0.293 e. The van der Waals surface area contributed by atoms with Gasteiger partial charge in [0.15, 0.2) is 0 Å². The van der Waals surface area contributed by atoms with Gasteiger partial charge < -0.3 is 10.4 Å². The van der Waals surface area contributed by atoms with Crippen LogP contribution in [0.5, 0.6) is 0 Å². The minimum atomic E-state index is -1.03. The highest BCUT2D eigenvalue weighted by Crippen LogP contribution is 2.24. The molecule has 0 spiro atoms. The smallest absolute Gasteiger partial charge is 0.293 e. The van der Waals surface area contributed by atoms with E-state index in [0.29, 0.717) is 19.9 Å². The Balaban J connectivity index is 1.97. The second-order valence-electron chi connectivity index (χ2n) is 4.36. The first-order valence-corrected chi connectivity index (χ1v) is 8.04. The van der Waals surface area contributed by atoms with E-state index >= 15 is 0 Å². The van der Waals surface area contributed by atoms with Crippen LogP contribution in [0.15, 0.2) is 30.3 Å². The Hall–Kier alpha value is -1.11. The lowest BCUT2D eigenvalue weighted by atomic mass is 10.1. The van der Waals surface area contributed by atoms with Crippen LogP contribution in [0.2, 0.25) is 14.4 Å². The Labute approximate surface area is 145 Å². The van der Waals surface area contributed by atoms with E-state index < -0.39 is 17.8 Å². The Morgan fingerprint density at radius 3 is 2.32 bits per heavy atom. The van der Waals surface area contributed by atoms with Gasteiger partial charge in [0.25, 0.3) is 11.7 Å². The molecule has 1 unspecified atom stereocenters.